The van der Waals surface area contributed by atoms with Gasteiger partial charge in [-0.25, -0.2) is 8.42 Å². The van der Waals surface area contributed by atoms with Crippen LogP contribution < -0.4 is 0 Å². The lowest BCUT2D eigenvalue weighted by Crippen LogP contribution is -2.37. The predicted molar refractivity (Wildman–Crippen MR) is 74.9 cm³/mol. The largest absolute Gasteiger partial charge is 0.481 e. The molecule has 0 fully saturated rings. The standard InChI is InChI=1S/C13H17NO6S/c1-20-13(17)10-14(9-11-5-3-2-4-6-11)21(18,19)8-7-12(15)16/h2-6H,7-10H2,1H3,(H,15,16). The van der Waals surface area contributed by atoms with Crippen molar-refractivity contribution in [1.29, 1.82) is 0 Å². The van der Waals surface area contributed by atoms with Gasteiger partial charge in [0.15, 0.2) is 0 Å². The van der Waals surface area contributed by atoms with E-state index >= 15 is 0 Å². The average Bonchev–Trinajstić information content (AvgIpc) is 2.45. The molecule has 0 amide bonds. The second kappa shape index (κ2) is 7.75. The predicted octanol–water partition coefficient (Wildman–Crippen LogP) is 0.466. The lowest BCUT2D eigenvalue weighted by Gasteiger charge is -2.20. The SMILES string of the molecule is COC(=O)CN(Cc1ccccc1)S(=O)(=O)CCC(=O)O. The smallest absolute Gasteiger partial charge is 0.321 e. The van der Waals surface area contributed by atoms with Gasteiger partial charge in [0.25, 0.3) is 0 Å². The number of carboxylic acids is 1. The van der Waals surface area contributed by atoms with E-state index in [0.717, 1.165) is 11.4 Å². The van der Waals surface area contributed by atoms with Gasteiger partial charge in [0.2, 0.25) is 10.0 Å². The molecule has 0 aliphatic heterocycles. The number of nitrogens with zero attached hydrogens (tertiary/aromatic N) is 1. The first-order valence-corrected chi connectivity index (χ1v) is 7.76. The molecular weight excluding hydrogens is 298 g/mol. The minimum absolute atomic E-state index is 0.0160. The number of carbonyl (C=O) groups excluding carboxylic acids is 1. The lowest BCUT2D eigenvalue weighted by atomic mass is 10.2. The summed E-state index contributed by atoms with van der Waals surface area (Å²) < 4.78 is 29.7. The Morgan fingerprint density at radius 1 is 1.24 bits per heavy atom. The van der Waals surface area contributed by atoms with Gasteiger partial charge >= 0.3 is 11.9 Å². The quantitative estimate of drug-likeness (QED) is 0.700. The van der Waals surface area contributed by atoms with E-state index in [4.69, 9.17) is 5.11 Å². The second-order valence-electron chi connectivity index (χ2n) is 4.29. The number of carboxylic acid groups (broad SMARTS) is 1. The normalized spacial score (nSPS) is 11.3. The van der Waals surface area contributed by atoms with E-state index < -0.39 is 40.7 Å². The van der Waals surface area contributed by atoms with Gasteiger partial charge in [-0.15, -0.1) is 0 Å². The Hall–Kier alpha value is -1.93. The molecule has 0 unspecified atom stereocenters. The molecule has 21 heavy (non-hydrogen) atoms. The van der Waals surface area contributed by atoms with E-state index in [9.17, 15) is 18.0 Å². The Morgan fingerprint density at radius 3 is 2.38 bits per heavy atom. The van der Waals surface area contributed by atoms with Crippen LogP contribution in [-0.4, -0.2) is 49.2 Å². The lowest BCUT2D eigenvalue weighted by molar-refractivity contribution is -0.141. The zero-order chi connectivity index (χ0) is 15.9. The van der Waals surface area contributed by atoms with E-state index in [2.05, 4.69) is 4.74 Å². The van der Waals surface area contributed by atoms with Gasteiger partial charge < -0.3 is 9.84 Å². The number of hydrogen-bond acceptors (Lipinski definition) is 5. The summed E-state index contributed by atoms with van der Waals surface area (Å²) in [6, 6.07) is 8.71. The topological polar surface area (TPSA) is 101 Å². The third kappa shape index (κ3) is 5.92. The van der Waals surface area contributed by atoms with Crippen LogP contribution in [0.2, 0.25) is 0 Å². The Kier molecular flexibility index (Phi) is 6.32. The summed E-state index contributed by atoms with van der Waals surface area (Å²) in [5, 5.41) is 8.60. The zero-order valence-electron chi connectivity index (χ0n) is 11.6. The highest BCUT2D eigenvalue weighted by Crippen LogP contribution is 2.11. The maximum absolute atomic E-state index is 12.1. The molecule has 8 heteroatoms. The monoisotopic (exact) mass is 315 g/mol. The van der Waals surface area contributed by atoms with Crippen LogP contribution in [0.1, 0.15) is 12.0 Å². The van der Waals surface area contributed by atoms with Gasteiger partial charge in [0, 0.05) is 6.54 Å². The molecule has 116 valence electrons. The van der Waals surface area contributed by atoms with Crippen molar-refractivity contribution in [3.63, 3.8) is 0 Å². The van der Waals surface area contributed by atoms with Gasteiger partial charge in [-0.1, -0.05) is 30.3 Å². The van der Waals surface area contributed by atoms with Crippen LogP contribution in [0.25, 0.3) is 0 Å². The van der Waals surface area contributed by atoms with Crippen molar-refractivity contribution in [2.45, 2.75) is 13.0 Å². The van der Waals surface area contributed by atoms with Crippen molar-refractivity contribution in [3.8, 4) is 0 Å². The molecule has 7 nitrogen and oxygen atoms in total. The first-order valence-electron chi connectivity index (χ1n) is 6.15. The first kappa shape index (κ1) is 17.1. The molecular formula is C13H17NO6S. The molecule has 0 saturated heterocycles. The van der Waals surface area contributed by atoms with Crippen molar-refractivity contribution >= 4 is 22.0 Å². The third-order valence-electron chi connectivity index (χ3n) is 2.70. The summed E-state index contributed by atoms with van der Waals surface area (Å²) in [4.78, 5) is 21.9. The van der Waals surface area contributed by atoms with E-state index in [1.807, 2.05) is 0 Å². The summed E-state index contributed by atoms with van der Waals surface area (Å²) in [5.74, 6) is -2.48. The highest BCUT2D eigenvalue weighted by Gasteiger charge is 2.25. The Labute approximate surface area is 123 Å². The van der Waals surface area contributed by atoms with Crippen LogP contribution >= 0.6 is 0 Å². The molecule has 0 aromatic heterocycles. The number of aliphatic carboxylic acids is 1. The summed E-state index contributed by atoms with van der Waals surface area (Å²) in [6.45, 7) is -0.467. The van der Waals surface area contributed by atoms with Gasteiger partial charge in [-0.3, -0.25) is 9.59 Å². The summed E-state index contributed by atoms with van der Waals surface area (Å²) in [7, 11) is -2.71. The number of methoxy groups -OCH3 is 1. The van der Waals surface area contributed by atoms with Crippen LogP contribution in [0.5, 0.6) is 0 Å². The Morgan fingerprint density at radius 2 is 1.86 bits per heavy atom. The highest BCUT2D eigenvalue weighted by molar-refractivity contribution is 7.89. The Bertz CT molecular complexity index is 584. The van der Waals surface area contributed by atoms with Gasteiger partial charge in [-0.05, 0) is 5.56 Å². The van der Waals surface area contributed by atoms with Crippen molar-refractivity contribution < 1.29 is 27.9 Å². The van der Waals surface area contributed by atoms with Crippen LogP contribution in [0.3, 0.4) is 0 Å². The number of benzene rings is 1. The molecule has 1 aromatic rings. The fourth-order valence-corrected chi connectivity index (χ4v) is 2.93. The number of hydrogen-bond donors (Lipinski definition) is 1. The summed E-state index contributed by atoms with van der Waals surface area (Å²) in [6.07, 6.45) is -0.519. The molecule has 1 aromatic carbocycles. The van der Waals surface area contributed by atoms with E-state index in [1.54, 1.807) is 30.3 Å². The molecule has 0 radical (unpaired) electrons. The van der Waals surface area contributed by atoms with Crippen LogP contribution in [-0.2, 0) is 30.9 Å². The van der Waals surface area contributed by atoms with Crippen LogP contribution in [0.4, 0.5) is 0 Å². The number of sulfonamides is 1. The number of esters is 1. The first-order chi connectivity index (χ1) is 9.85. The molecule has 0 atom stereocenters. The minimum atomic E-state index is -3.87. The minimum Gasteiger partial charge on any atom is -0.481 e. The molecule has 0 saturated carbocycles. The van der Waals surface area contributed by atoms with E-state index in [-0.39, 0.29) is 6.54 Å². The number of rotatable bonds is 8. The number of ether oxygens (including phenoxy) is 1. The molecule has 0 bridgehead atoms. The molecule has 0 aliphatic carbocycles. The van der Waals surface area contributed by atoms with Crippen molar-refractivity contribution in [3.05, 3.63) is 35.9 Å². The molecule has 1 rings (SSSR count). The fourth-order valence-electron chi connectivity index (χ4n) is 1.59. The van der Waals surface area contributed by atoms with Crippen LogP contribution in [0, 0.1) is 0 Å². The molecule has 0 aliphatic rings. The molecule has 0 heterocycles. The summed E-state index contributed by atoms with van der Waals surface area (Å²) >= 11 is 0. The fraction of sp³-hybridized carbons (Fsp3) is 0.385. The van der Waals surface area contributed by atoms with Gasteiger partial charge in [0.05, 0.1) is 19.3 Å². The maximum Gasteiger partial charge on any atom is 0.321 e. The average molecular weight is 315 g/mol. The summed E-state index contributed by atoms with van der Waals surface area (Å²) in [5.41, 5.74) is 0.695. The van der Waals surface area contributed by atoms with Gasteiger partial charge in [-0.2, -0.15) is 4.31 Å². The van der Waals surface area contributed by atoms with Crippen molar-refractivity contribution in [1.82, 2.24) is 4.31 Å². The highest BCUT2D eigenvalue weighted by atomic mass is 32.2. The zero-order valence-corrected chi connectivity index (χ0v) is 12.4. The molecule has 1 N–H and O–H groups in total. The maximum atomic E-state index is 12.1. The van der Waals surface area contributed by atoms with Crippen molar-refractivity contribution in [2.75, 3.05) is 19.4 Å². The van der Waals surface area contributed by atoms with Crippen LogP contribution in [0.15, 0.2) is 30.3 Å². The van der Waals surface area contributed by atoms with E-state index in [0.29, 0.717) is 5.56 Å². The van der Waals surface area contributed by atoms with E-state index in [1.165, 1.54) is 0 Å². The van der Waals surface area contributed by atoms with Crippen molar-refractivity contribution in [2.24, 2.45) is 0 Å². The Balaban J connectivity index is 2.90. The molecule has 0 spiro atoms. The number of carbonyl (C=O) groups is 2. The third-order valence-corrected chi connectivity index (χ3v) is 4.47. The second-order valence-corrected chi connectivity index (χ2v) is 6.38. The van der Waals surface area contributed by atoms with Gasteiger partial charge in [0.1, 0.15) is 6.54 Å².